The van der Waals surface area contributed by atoms with E-state index in [2.05, 4.69) is 30.6 Å². The molecule has 1 spiro atoms. The summed E-state index contributed by atoms with van der Waals surface area (Å²) >= 11 is 12.4. The first-order valence-electron chi connectivity index (χ1n) is 20.7. The number of nitrogens with zero attached hydrogens (tertiary/aromatic N) is 6. The zero-order chi connectivity index (χ0) is 46.1. The van der Waals surface area contributed by atoms with Crippen LogP contribution in [0.15, 0.2) is 82.6 Å². The Hall–Kier alpha value is -5.63. The van der Waals surface area contributed by atoms with Gasteiger partial charge < -0.3 is 20.1 Å². The molecule has 21 heteroatoms. The van der Waals surface area contributed by atoms with Gasteiger partial charge in [0.1, 0.15) is 30.2 Å². The molecule has 1 aliphatic heterocycles. The van der Waals surface area contributed by atoms with Crippen LogP contribution in [0, 0.1) is 0 Å². The third-order valence-electron chi connectivity index (χ3n) is 11.4. The van der Waals surface area contributed by atoms with Crippen molar-refractivity contribution in [2.75, 3.05) is 23.8 Å². The Morgan fingerprint density at radius 2 is 1.05 bits per heavy atom. The Labute approximate surface area is 376 Å². The van der Waals surface area contributed by atoms with Crippen LogP contribution in [0.5, 0.6) is 0 Å². The van der Waals surface area contributed by atoms with E-state index in [1.807, 2.05) is 0 Å². The summed E-state index contributed by atoms with van der Waals surface area (Å²) in [6.07, 6.45) is -1.49. The third kappa shape index (κ3) is 10.7. The summed E-state index contributed by atoms with van der Waals surface area (Å²) in [5.74, 6) is -0.0520. The number of anilines is 2. The van der Waals surface area contributed by atoms with Gasteiger partial charge in [0.15, 0.2) is 5.79 Å². The maximum absolute atomic E-state index is 13.4. The highest BCUT2D eigenvalue weighted by Gasteiger charge is 2.40. The van der Waals surface area contributed by atoms with Crippen molar-refractivity contribution in [3.63, 3.8) is 0 Å². The van der Waals surface area contributed by atoms with E-state index in [9.17, 15) is 40.7 Å². The lowest BCUT2D eigenvalue weighted by Crippen LogP contribution is -2.39. The van der Waals surface area contributed by atoms with Crippen molar-refractivity contribution in [3.05, 3.63) is 104 Å². The maximum atomic E-state index is 13.4. The highest BCUT2D eigenvalue weighted by atomic mass is 35.5. The predicted molar refractivity (Wildman–Crippen MR) is 232 cm³/mol. The number of halogens is 8. The van der Waals surface area contributed by atoms with Gasteiger partial charge in [-0.2, -0.15) is 36.3 Å². The predicted octanol–water partition coefficient (Wildman–Crippen LogP) is 9.37. The average Bonchev–Trinajstić information content (AvgIpc) is 3.72. The Morgan fingerprint density at radius 1 is 0.631 bits per heavy atom. The van der Waals surface area contributed by atoms with Crippen LogP contribution in [-0.4, -0.2) is 78.3 Å². The summed E-state index contributed by atoms with van der Waals surface area (Å²) in [4.78, 5) is 54.6. The second-order valence-corrected chi connectivity index (χ2v) is 16.8. The zero-order valence-corrected chi connectivity index (χ0v) is 35.8. The first kappa shape index (κ1) is 45.9. The number of rotatable bonds is 8. The van der Waals surface area contributed by atoms with Crippen LogP contribution in [0.1, 0.15) is 51.4 Å². The Morgan fingerprint density at radius 3 is 1.46 bits per heavy atom. The van der Waals surface area contributed by atoms with Crippen molar-refractivity contribution in [3.8, 4) is 22.3 Å². The lowest BCUT2D eigenvalue weighted by atomic mass is 9.90. The van der Waals surface area contributed by atoms with E-state index < -0.39 is 42.3 Å². The highest BCUT2D eigenvalue weighted by Crippen LogP contribution is 2.37. The van der Waals surface area contributed by atoms with E-state index in [0.717, 1.165) is 12.8 Å². The van der Waals surface area contributed by atoms with Crippen molar-refractivity contribution in [2.24, 2.45) is 0 Å². The number of hydrogen-bond donors (Lipinski definition) is 2. The molecule has 2 N–H and O–H groups in total. The number of pyridine rings is 2. The van der Waals surface area contributed by atoms with E-state index in [0.29, 0.717) is 77.4 Å². The Bertz CT molecular complexity index is 2850. The normalized spacial score (nSPS) is 17.1. The largest absolute Gasteiger partial charge is 0.406 e. The maximum Gasteiger partial charge on any atom is 0.406 e. The smallest absolute Gasteiger partial charge is 0.351 e. The van der Waals surface area contributed by atoms with Crippen molar-refractivity contribution >= 4 is 62.9 Å². The van der Waals surface area contributed by atoms with Gasteiger partial charge in [-0.15, -0.1) is 0 Å². The molecule has 342 valence electrons. The van der Waals surface area contributed by atoms with Gasteiger partial charge in [-0.3, -0.25) is 23.5 Å². The summed E-state index contributed by atoms with van der Waals surface area (Å²) < 4.78 is 92.8. The van der Waals surface area contributed by atoms with Gasteiger partial charge in [0, 0.05) is 93.2 Å². The first-order chi connectivity index (χ1) is 30.9. The number of aromatic nitrogens is 6. The number of hydrogen-bond acceptors (Lipinski definition) is 11. The molecule has 0 atom stereocenters. The molecule has 2 saturated carbocycles. The topological polar surface area (TPSA) is 155 Å². The summed E-state index contributed by atoms with van der Waals surface area (Å²) in [6.45, 7) is -1.80. The molecule has 2 aliphatic carbocycles. The van der Waals surface area contributed by atoms with Crippen LogP contribution in [0.3, 0.4) is 0 Å². The monoisotopic (exact) mass is 944 g/mol. The number of alkyl halides is 6. The van der Waals surface area contributed by atoms with E-state index in [1.54, 1.807) is 48.5 Å². The number of fused-ring (bicyclic) bond motifs is 2. The second kappa shape index (κ2) is 18.7. The molecule has 65 heavy (non-hydrogen) atoms. The molecule has 3 fully saturated rings. The Kier molecular flexibility index (Phi) is 13.2. The zero-order valence-electron chi connectivity index (χ0n) is 34.3. The van der Waals surface area contributed by atoms with Crippen LogP contribution in [0.25, 0.3) is 44.3 Å². The fraction of sp³-hybridized carbons (Fsp3) is 0.386. The average molecular weight is 946 g/mol. The van der Waals surface area contributed by atoms with Gasteiger partial charge in [-0.05, 0) is 49.9 Å². The molecule has 0 unspecified atom stereocenters. The minimum Gasteiger partial charge on any atom is -0.351 e. The van der Waals surface area contributed by atoms with Crippen molar-refractivity contribution < 1.29 is 40.6 Å². The number of benzene rings is 2. The summed E-state index contributed by atoms with van der Waals surface area (Å²) in [7, 11) is 0. The number of nitrogens with one attached hydrogen (secondary N) is 2. The second-order valence-electron chi connectivity index (χ2n) is 16.0. The van der Waals surface area contributed by atoms with Crippen LogP contribution in [0.2, 0.25) is 10.0 Å². The third-order valence-corrected chi connectivity index (χ3v) is 12.1. The standard InChI is InChI=1S/C23H22ClF3N4O3.C21H18ClF3N4O2/c24-18-4-2-1-3-16(18)17-11-14-12-28-21(30-19(14)31(20(17)32)13-23(25,26)27)29-15-5-7-22(8-6-15)33-9-10-34-22;22-17-4-2-1-3-15(17)16-9-12-10-26-20(27-13-5-7-14(30)8-6-13)28-18(12)29(19(16)31)11-21(23,24)25/h1-4,11-12,15H,5-10,13H2,(H,28,29,30);1-4,9-10,13H,5-8,11H2,(H,26,27,28). The minimum atomic E-state index is -4.63. The van der Waals surface area contributed by atoms with Gasteiger partial charge in [-0.25, -0.2) is 9.97 Å². The first-order valence-corrected chi connectivity index (χ1v) is 21.5. The van der Waals surface area contributed by atoms with Gasteiger partial charge >= 0.3 is 12.4 Å². The molecule has 6 aromatic rings. The molecule has 5 heterocycles. The van der Waals surface area contributed by atoms with E-state index in [4.69, 9.17) is 32.7 Å². The molecule has 2 aromatic carbocycles. The molecule has 3 aliphatic rings. The molecule has 0 bridgehead atoms. The molecule has 9 rings (SSSR count). The quantitative estimate of drug-likeness (QED) is 0.140. The highest BCUT2D eigenvalue weighted by molar-refractivity contribution is 6.33. The molecule has 0 radical (unpaired) electrons. The lowest BCUT2D eigenvalue weighted by Gasteiger charge is -2.35. The number of ketones is 1. The number of carbonyl (C=O) groups is 1. The van der Waals surface area contributed by atoms with E-state index in [1.165, 1.54) is 24.5 Å². The SMILES string of the molecule is O=C1CCC(Nc2ncc3cc(-c4ccccc4Cl)c(=O)n(CC(F)(F)F)c3n2)CC1.O=c1c(-c2ccccc2Cl)cc2cnc(NC3CCC4(CC3)OCCO4)nc2n1CC(F)(F)F. The van der Waals surface area contributed by atoms with Crippen LogP contribution in [-0.2, 0) is 27.4 Å². The van der Waals surface area contributed by atoms with E-state index >= 15 is 0 Å². The summed E-state index contributed by atoms with van der Waals surface area (Å²) in [5.41, 5.74) is -1.10. The number of ether oxygens (including phenoxy) is 2. The van der Waals surface area contributed by atoms with Gasteiger partial charge in [0.25, 0.3) is 11.1 Å². The van der Waals surface area contributed by atoms with Crippen LogP contribution >= 0.6 is 23.2 Å². The molecule has 1 saturated heterocycles. The fourth-order valence-corrected chi connectivity index (χ4v) is 8.77. The molecular weight excluding hydrogens is 905 g/mol. The van der Waals surface area contributed by atoms with Gasteiger partial charge in [0.2, 0.25) is 11.9 Å². The molecule has 13 nitrogen and oxygen atoms in total. The van der Waals surface area contributed by atoms with Crippen LogP contribution in [0.4, 0.5) is 38.2 Å². The van der Waals surface area contributed by atoms with Gasteiger partial charge in [-0.1, -0.05) is 59.6 Å². The summed E-state index contributed by atoms with van der Waals surface area (Å²) in [6, 6.07) is 15.9. The van der Waals surface area contributed by atoms with Crippen molar-refractivity contribution in [1.82, 2.24) is 29.1 Å². The molecular formula is C44H40Cl2F6N8O5. The van der Waals surface area contributed by atoms with Crippen LogP contribution < -0.4 is 21.8 Å². The summed E-state index contributed by atoms with van der Waals surface area (Å²) in [5, 5.41) is 7.36. The number of carbonyl (C=O) groups excluding carboxylic acids is 1. The van der Waals surface area contributed by atoms with Gasteiger partial charge in [0.05, 0.1) is 13.2 Å². The number of Topliss-reactive ketones (excluding diaryl/α,β-unsaturated/α-hetero) is 1. The molecule has 4 aromatic heterocycles. The van der Waals surface area contributed by atoms with Crippen molar-refractivity contribution in [1.29, 1.82) is 0 Å². The molecule has 0 amide bonds. The Balaban J connectivity index is 0.000000178. The van der Waals surface area contributed by atoms with Crippen molar-refractivity contribution in [2.45, 2.75) is 94.7 Å². The fourth-order valence-electron chi connectivity index (χ4n) is 8.29. The lowest BCUT2D eigenvalue weighted by molar-refractivity contribution is -0.177. The minimum absolute atomic E-state index is 0.0149. The van der Waals surface area contributed by atoms with E-state index in [-0.39, 0.29) is 67.6 Å².